The third kappa shape index (κ3) is 2.57. The van der Waals surface area contributed by atoms with Crippen LogP contribution < -0.4 is 5.73 Å². The summed E-state index contributed by atoms with van der Waals surface area (Å²) in [5.41, 5.74) is 7.46. The van der Waals surface area contributed by atoms with E-state index in [0.29, 0.717) is 29.7 Å². The van der Waals surface area contributed by atoms with E-state index in [1.807, 2.05) is 13.8 Å². The van der Waals surface area contributed by atoms with Crippen molar-refractivity contribution in [1.82, 2.24) is 0 Å². The predicted octanol–water partition coefficient (Wildman–Crippen LogP) is 2.84. The highest BCUT2D eigenvalue weighted by Gasteiger charge is 2.41. The predicted molar refractivity (Wildman–Crippen MR) is 83.8 cm³/mol. The molecule has 3 rings (SSSR count). The number of phenolic OH excluding ortho intramolecular Hbond substituents is 1. The van der Waals surface area contributed by atoms with Gasteiger partial charge in [-0.1, -0.05) is 26.0 Å². The van der Waals surface area contributed by atoms with Gasteiger partial charge in [0, 0.05) is 12.8 Å². The summed E-state index contributed by atoms with van der Waals surface area (Å²) < 4.78 is 6.01. The molecule has 0 saturated carbocycles. The number of Topliss-reactive ketones (excluding diaryl/α,β-unsaturated/α-hetero) is 1. The summed E-state index contributed by atoms with van der Waals surface area (Å²) in [7, 11) is 0. The Morgan fingerprint density at radius 2 is 1.96 bits per heavy atom. The molecule has 5 heteroatoms. The molecule has 118 valence electrons. The second-order valence-electron chi connectivity index (χ2n) is 6.77. The highest BCUT2D eigenvalue weighted by Crippen LogP contribution is 2.45. The fourth-order valence-corrected chi connectivity index (χ4v) is 3.14. The van der Waals surface area contributed by atoms with Crippen LogP contribution in [0.1, 0.15) is 38.4 Å². The monoisotopic (exact) mass is 310 g/mol. The molecule has 0 radical (unpaired) electrons. The lowest BCUT2D eigenvalue weighted by atomic mass is 9.74. The zero-order valence-electron chi connectivity index (χ0n) is 13.1. The van der Waals surface area contributed by atoms with Crippen molar-refractivity contribution in [2.24, 2.45) is 11.1 Å². The molecule has 1 aliphatic heterocycles. The summed E-state index contributed by atoms with van der Waals surface area (Å²) in [5, 5.41) is 18.9. The Labute approximate surface area is 134 Å². The minimum Gasteiger partial charge on any atom is -0.508 e. The average Bonchev–Trinajstić information content (AvgIpc) is 2.45. The molecule has 0 saturated heterocycles. The Morgan fingerprint density at radius 3 is 2.57 bits per heavy atom. The largest absolute Gasteiger partial charge is 0.508 e. The zero-order chi connectivity index (χ0) is 16.8. The van der Waals surface area contributed by atoms with Crippen LogP contribution in [-0.4, -0.2) is 10.9 Å². The maximum atomic E-state index is 12.4. The first-order chi connectivity index (χ1) is 10.8. The van der Waals surface area contributed by atoms with E-state index in [2.05, 4.69) is 6.07 Å². The van der Waals surface area contributed by atoms with E-state index >= 15 is 0 Å². The van der Waals surface area contributed by atoms with E-state index in [9.17, 15) is 15.2 Å². The van der Waals surface area contributed by atoms with Crippen LogP contribution >= 0.6 is 0 Å². The molecule has 1 atom stereocenters. The first kappa shape index (κ1) is 15.2. The standard InChI is InChI=1S/C18H18N2O3/c1-18(2)7-13(22)15-14(8-18)23-17(12(9-19)16(15)20)10-3-5-11(21)6-4-10/h3-6,17,21H,7-8,20H2,1-2H3/t17-/m1/s1. The lowest BCUT2D eigenvalue weighted by Crippen LogP contribution is -2.33. The SMILES string of the molecule is CC1(C)CC(=O)C2=C(C1)O[C@H](c1ccc(O)cc1)C(C#N)=C2N. The molecular weight excluding hydrogens is 292 g/mol. The molecule has 0 unspecified atom stereocenters. The van der Waals surface area contributed by atoms with Gasteiger partial charge in [0.25, 0.3) is 0 Å². The van der Waals surface area contributed by atoms with Gasteiger partial charge in [-0.05, 0) is 23.1 Å². The number of benzene rings is 1. The van der Waals surface area contributed by atoms with Gasteiger partial charge in [-0.15, -0.1) is 0 Å². The van der Waals surface area contributed by atoms with Crippen LogP contribution in [0.25, 0.3) is 0 Å². The van der Waals surface area contributed by atoms with Gasteiger partial charge >= 0.3 is 0 Å². The lowest BCUT2D eigenvalue weighted by Gasteiger charge is -2.37. The van der Waals surface area contributed by atoms with Crippen molar-refractivity contribution in [3.63, 3.8) is 0 Å². The fourth-order valence-electron chi connectivity index (χ4n) is 3.14. The smallest absolute Gasteiger partial charge is 0.168 e. The van der Waals surface area contributed by atoms with Crippen molar-refractivity contribution in [1.29, 1.82) is 5.26 Å². The number of allylic oxidation sites excluding steroid dienone is 2. The molecule has 3 N–H and O–H groups in total. The first-order valence-electron chi connectivity index (χ1n) is 7.44. The van der Waals surface area contributed by atoms with E-state index in [1.54, 1.807) is 12.1 Å². The van der Waals surface area contributed by atoms with Crippen molar-refractivity contribution < 1.29 is 14.6 Å². The number of hydrogen-bond acceptors (Lipinski definition) is 5. The molecule has 23 heavy (non-hydrogen) atoms. The normalized spacial score (nSPS) is 23.2. The van der Waals surface area contributed by atoms with E-state index in [0.717, 1.165) is 0 Å². The van der Waals surface area contributed by atoms with Gasteiger partial charge in [-0.3, -0.25) is 4.79 Å². The molecule has 1 aromatic carbocycles. The Balaban J connectivity index is 2.09. The summed E-state index contributed by atoms with van der Waals surface area (Å²) in [4.78, 5) is 12.4. The maximum Gasteiger partial charge on any atom is 0.168 e. The molecular formula is C18H18N2O3. The number of carbonyl (C=O) groups excluding carboxylic acids is 1. The topological polar surface area (TPSA) is 96.3 Å². The van der Waals surface area contributed by atoms with E-state index < -0.39 is 6.10 Å². The average molecular weight is 310 g/mol. The Bertz CT molecular complexity index is 779. The van der Waals surface area contributed by atoms with Crippen molar-refractivity contribution in [2.45, 2.75) is 32.8 Å². The van der Waals surface area contributed by atoms with Gasteiger partial charge in [0.05, 0.1) is 16.8 Å². The Kier molecular flexibility index (Phi) is 3.41. The summed E-state index contributed by atoms with van der Waals surface area (Å²) in [6, 6.07) is 8.51. The van der Waals surface area contributed by atoms with Gasteiger partial charge in [0.1, 0.15) is 17.6 Å². The summed E-state index contributed by atoms with van der Waals surface area (Å²) >= 11 is 0. The van der Waals surface area contributed by atoms with Crippen LogP contribution in [0.3, 0.4) is 0 Å². The molecule has 5 nitrogen and oxygen atoms in total. The summed E-state index contributed by atoms with van der Waals surface area (Å²) in [5.74, 6) is 0.611. The van der Waals surface area contributed by atoms with Crippen molar-refractivity contribution in [2.75, 3.05) is 0 Å². The number of carbonyl (C=O) groups is 1. The van der Waals surface area contributed by atoms with Gasteiger partial charge in [0.15, 0.2) is 11.9 Å². The summed E-state index contributed by atoms with van der Waals surface area (Å²) in [6.07, 6.45) is 0.335. The van der Waals surface area contributed by atoms with Crippen LogP contribution in [-0.2, 0) is 9.53 Å². The number of rotatable bonds is 1. The van der Waals surface area contributed by atoms with Crippen LogP contribution in [0, 0.1) is 16.7 Å². The van der Waals surface area contributed by atoms with Crippen molar-refractivity contribution in [3.05, 3.63) is 52.4 Å². The van der Waals surface area contributed by atoms with Gasteiger partial charge < -0.3 is 15.6 Å². The summed E-state index contributed by atoms with van der Waals surface area (Å²) in [6.45, 7) is 4.01. The van der Waals surface area contributed by atoms with Gasteiger partial charge in [0.2, 0.25) is 0 Å². The lowest BCUT2D eigenvalue weighted by molar-refractivity contribution is -0.118. The number of nitrogens with zero attached hydrogens (tertiary/aromatic N) is 1. The van der Waals surface area contributed by atoms with Crippen molar-refractivity contribution in [3.8, 4) is 11.8 Å². The van der Waals surface area contributed by atoms with Gasteiger partial charge in [-0.2, -0.15) is 5.26 Å². The molecule has 0 amide bonds. The van der Waals surface area contributed by atoms with Crippen LogP contribution in [0.2, 0.25) is 0 Å². The number of ketones is 1. The molecule has 1 aromatic rings. The number of aromatic hydroxyl groups is 1. The second-order valence-corrected chi connectivity index (χ2v) is 6.77. The number of hydrogen-bond donors (Lipinski definition) is 2. The number of nitrogens with two attached hydrogens (primary N) is 1. The molecule has 0 bridgehead atoms. The zero-order valence-corrected chi connectivity index (χ0v) is 13.1. The molecule has 0 fully saturated rings. The molecule has 1 aliphatic carbocycles. The third-order valence-corrected chi connectivity index (χ3v) is 4.23. The molecule has 2 aliphatic rings. The maximum absolute atomic E-state index is 12.4. The molecule has 0 spiro atoms. The number of phenols is 1. The van der Waals surface area contributed by atoms with Crippen molar-refractivity contribution >= 4 is 5.78 Å². The molecule has 0 aromatic heterocycles. The van der Waals surface area contributed by atoms with Crippen LogP contribution in [0.4, 0.5) is 0 Å². The highest BCUT2D eigenvalue weighted by atomic mass is 16.5. The Hall–Kier alpha value is -2.74. The first-order valence-corrected chi connectivity index (χ1v) is 7.44. The minimum atomic E-state index is -0.652. The Morgan fingerprint density at radius 1 is 1.30 bits per heavy atom. The van der Waals surface area contributed by atoms with Crippen LogP contribution in [0.5, 0.6) is 5.75 Å². The minimum absolute atomic E-state index is 0.0781. The molecule has 1 heterocycles. The van der Waals surface area contributed by atoms with E-state index in [-0.39, 0.29) is 28.2 Å². The van der Waals surface area contributed by atoms with Crippen LogP contribution in [0.15, 0.2) is 46.9 Å². The van der Waals surface area contributed by atoms with E-state index in [4.69, 9.17) is 10.5 Å². The third-order valence-electron chi connectivity index (χ3n) is 4.23. The fraction of sp³-hybridized carbons (Fsp3) is 0.333. The quantitative estimate of drug-likeness (QED) is 0.831. The number of nitriles is 1. The second kappa shape index (κ2) is 5.17. The highest BCUT2D eigenvalue weighted by molar-refractivity contribution is 6.01. The van der Waals surface area contributed by atoms with E-state index in [1.165, 1.54) is 12.1 Å². The number of ether oxygens (including phenoxy) is 1. The van der Waals surface area contributed by atoms with Gasteiger partial charge in [-0.25, -0.2) is 0 Å².